The minimum atomic E-state index is -1.18. The first-order valence-electron chi connectivity index (χ1n) is 13.0. The van der Waals surface area contributed by atoms with Crippen molar-refractivity contribution in [1.29, 1.82) is 5.26 Å². The minimum absolute atomic E-state index is 0.00500. The van der Waals surface area contributed by atoms with Crippen LogP contribution in [0.15, 0.2) is 48.9 Å². The van der Waals surface area contributed by atoms with E-state index >= 15 is 4.39 Å². The smallest absolute Gasteiger partial charge is 0.254 e. The van der Waals surface area contributed by atoms with Crippen molar-refractivity contribution in [3.63, 3.8) is 0 Å². The van der Waals surface area contributed by atoms with Crippen LogP contribution < -0.4 is 15.8 Å². The van der Waals surface area contributed by atoms with Crippen molar-refractivity contribution in [3.8, 4) is 23.1 Å². The number of nitrogens with one attached hydrogen (secondary N) is 1. The highest BCUT2D eigenvalue weighted by Crippen LogP contribution is 2.32. The zero-order valence-electron chi connectivity index (χ0n) is 22.2. The number of aromatic nitrogens is 3. The minimum Gasteiger partial charge on any atom is -0.473 e. The molecule has 1 unspecified atom stereocenters. The number of hydrogen-bond acceptors (Lipinski definition) is 7. The number of amides is 1. The third-order valence-corrected chi connectivity index (χ3v) is 7.19. The molecule has 0 aliphatic carbocycles. The molecular weight excluding hydrogens is 516 g/mol. The number of ether oxygens (including phenoxy) is 1. The topological polar surface area (TPSA) is 122 Å². The molecule has 4 aromatic rings. The standard InChI is InChI=1S/C29H29F2N7O2/c1-17-13-20(3-4-21(17)29(39)37-10-7-19(15-33)8-11-37)36-27-28-35-16-23(38(28)12-9-34-27)22-5-6-24(26(31)25(22)30)40-18(2)14-32/h3-6,9,12-13,16,18-19H,7-8,10-11,15,33H2,1-2H3,(H,34,36). The van der Waals surface area contributed by atoms with Crippen LogP contribution in [0.25, 0.3) is 16.9 Å². The quantitative estimate of drug-likeness (QED) is 0.341. The number of nitrogens with zero attached hydrogens (tertiary/aromatic N) is 5. The molecule has 1 atom stereocenters. The molecule has 9 nitrogen and oxygen atoms in total. The molecule has 1 fully saturated rings. The summed E-state index contributed by atoms with van der Waals surface area (Å²) in [5, 5.41) is 12.1. The van der Waals surface area contributed by atoms with Crippen LogP contribution >= 0.6 is 0 Å². The van der Waals surface area contributed by atoms with Crippen molar-refractivity contribution in [3.05, 3.63) is 71.7 Å². The van der Waals surface area contributed by atoms with E-state index in [4.69, 9.17) is 15.7 Å². The summed E-state index contributed by atoms with van der Waals surface area (Å²) in [6.07, 6.45) is 5.45. The average Bonchev–Trinajstić information content (AvgIpc) is 3.40. The maximum Gasteiger partial charge on any atom is 0.254 e. The molecule has 1 saturated heterocycles. The van der Waals surface area contributed by atoms with Gasteiger partial charge in [0.2, 0.25) is 5.82 Å². The second kappa shape index (κ2) is 11.3. The highest BCUT2D eigenvalue weighted by atomic mass is 19.2. The van der Waals surface area contributed by atoms with Gasteiger partial charge in [-0.25, -0.2) is 14.4 Å². The molecule has 0 saturated carbocycles. The van der Waals surface area contributed by atoms with Crippen molar-refractivity contribution in [1.82, 2.24) is 19.3 Å². The van der Waals surface area contributed by atoms with Gasteiger partial charge in [0.1, 0.15) is 6.07 Å². The Labute approximate surface area is 230 Å². The van der Waals surface area contributed by atoms with Gasteiger partial charge in [0.05, 0.1) is 11.9 Å². The number of anilines is 2. The van der Waals surface area contributed by atoms with Crippen LogP contribution in [0.5, 0.6) is 5.75 Å². The Morgan fingerprint density at radius 1 is 1.23 bits per heavy atom. The first-order valence-corrected chi connectivity index (χ1v) is 13.0. The number of aryl methyl sites for hydroxylation is 1. The van der Waals surface area contributed by atoms with E-state index in [2.05, 4.69) is 15.3 Å². The third-order valence-electron chi connectivity index (χ3n) is 7.19. The molecule has 11 heteroatoms. The fourth-order valence-corrected chi connectivity index (χ4v) is 4.90. The maximum atomic E-state index is 15.0. The molecule has 2 aromatic heterocycles. The number of halogens is 2. The average molecular weight is 546 g/mol. The number of piperidine rings is 1. The Bertz CT molecular complexity index is 1610. The van der Waals surface area contributed by atoms with Gasteiger partial charge in [-0.3, -0.25) is 9.20 Å². The van der Waals surface area contributed by atoms with E-state index in [-0.39, 0.29) is 17.2 Å². The molecule has 0 radical (unpaired) electrons. The second-order valence-electron chi connectivity index (χ2n) is 9.87. The Kier molecular flexibility index (Phi) is 7.62. The molecular formula is C29H29F2N7O2. The number of hydrogen-bond donors (Lipinski definition) is 2. The number of nitrogens with two attached hydrogens (primary N) is 1. The summed E-state index contributed by atoms with van der Waals surface area (Å²) in [5.41, 5.74) is 8.62. The van der Waals surface area contributed by atoms with Gasteiger partial charge in [-0.05, 0) is 75.0 Å². The highest BCUT2D eigenvalue weighted by molar-refractivity contribution is 5.96. The number of fused-ring (bicyclic) bond motifs is 1. The van der Waals surface area contributed by atoms with Gasteiger partial charge in [-0.2, -0.15) is 9.65 Å². The van der Waals surface area contributed by atoms with Gasteiger partial charge in [0.25, 0.3) is 5.91 Å². The van der Waals surface area contributed by atoms with Crippen LogP contribution in [0.4, 0.5) is 20.3 Å². The van der Waals surface area contributed by atoms with Crippen molar-refractivity contribution < 1.29 is 18.3 Å². The molecule has 40 heavy (non-hydrogen) atoms. The zero-order valence-corrected chi connectivity index (χ0v) is 22.2. The predicted molar refractivity (Wildman–Crippen MR) is 146 cm³/mol. The first-order chi connectivity index (χ1) is 19.3. The van der Waals surface area contributed by atoms with E-state index in [1.165, 1.54) is 31.5 Å². The predicted octanol–water partition coefficient (Wildman–Crippen LogP) is 4.83. The van der Waals surface area contributed by atoms with E-state index in [0.29, 0.717) is 54.0 Å². The van der Waals surface area contributed by atoms with Gasteiger partial charge in [0.15, 0.2) is 29.1 Å². The van der Waals surface area contributed by atoms with Crippen LogP contribution in [0.3, 0.4) is 0 Å². The number of nitriles is 1. The van der Waals surface area contributed by atoms with E-state index < -0.39 is 17.7 Å². The van der Waals surface area contributed by atoms with E-state index in [0.717, 1.165) is 18.4 Å². The van der Waals surface area contributed by atoms with E-state index in [1.54, 1.807) is 22.7 Å². The van der Waals surface area contributed by atoms with E-state index in [1.807, 2.05) is 24.0 Å². The van der Waals surface area contributed by atoms with Gasteiger partial charge in [-0.15, -0.1) is 0 Å². The summed E-state index contributed by atoms with van der Waals surface area (Å²) in [6.45, 7) is 5.38. The van der Waals surface area contributed by atoms with Crippen molar-refractivity contribution >= 4 is 23.1 Å². The fraction of sp³-hybridized carbons (Fsp3) is 0.310. The Morgan fingerprint density at radius 2 is 2.00 bits per heavy atom. The van der Waals surface area contributed by atoms with Gasteiger partial charge in [0, 0.05) is 42.3 Å². The molecule has 0 spiro atoms. The molecule has 3 N–H and O–H groups in total. The molecule has 0 bridgehead atoms. The van der Waals surface area contributed by atoms with Gasteiger partial charge in [-0.1, -0.05) is 0 Å². The van der Waals surface area contributed by atoms with Crippen molar-refractivity contribution in [2.24, 2.45) is 11.7 Å². The van der Waals surface area contributed by atoms with Crippen LogP contribution in [-0.4, -0.2) is 50.9 Å². The summed E-state index contributed by atoms with van der Waals surface area (Å²) >= 11 is 0. The molecule has 1 aliphatic heterocycles. The van der Waals surface area contributed by atoms with Crippen LogP contribution in [0.2, 0.25) is 0 Å². The number of carbonyl (C=O) groups is 1. The molecule has 2 aromatic carbocycles. The van der Waals surface area contributed by atoms with Crippen LogP contribution in [0.1, 0.15) is 35.7 Å². The van der Waals surface area contributed by atoms with Crippen molar-refractivity contribution in [2.45, 2.75) is 32.8 Å². The number of imidazole rings is 1. The van der Waals surface area contributed by atoms with Crippen LogP contribution in [0, 0.1) is 35.8 Å². The Morgan fingerprint density at radius 3 is 2.70 bits per heavy atom. The zero-order chi connectivity index (χ0) is 28.4. The molecule has 1 aliphatic rings. The lowest BCUT2D eigenvalue weighted by Gasteiger charge is -2.31. The number of rotatable bonds is 7. The number of likely N-dealkylation sites (tertiary alicyclic amines) is 1. The normalized spacial score (nSPS) is 14.7. The lowest BCUT2D eigenvalue weighted by atomic mass is 9.96. The Balaban J connectivity index is 1.38. The monoisotopic (exact) mass is 545 g/mol. The molecule has 1 amide bonds. The summed E-state index contributed by atoms with van der Waals surface area (Å²) in [7, 11) is 0. The number of benzene rings is 2. The largest absolute Gasteiger partial charge is 0.473 e. The highest BCUT2D eigenvalue weighted by Gasteiger charge is 2.24. The van der Waals surface area contributed by atoms with Crippen LogP contribution in [-0.2, 0) is 0 Å². The summed E-state index contributed by atoms with van der Waals surface area (Å²) in [6, 6.07) is 9.95. The second-order valence-corrected chi connectivity index (χ2v) is 9.87. The Hall–Kier alpha value is -4.56. The lowest BCUT2D eigenvalue weighted by molar-refractivity contribution is 0.0692. The number of carbonyl (C=O) groups excluding carboxylic acids is 1. The van der Waals surface area contributed by atoms with Crippen molar-refractivity contribution in [2.75, 3.05) is 25.0 Å². The lowest BCUT2D eigenvalue weighted by Crippen LogP contribution is -2.40. The SMILES string of the molecule is Cc1cc(Nc2nccn3c(-c4ccc(OC(C)C#N)c(F)c4F)cnc23)ccc1C(=O)N1CCC(CN)CC1. The molecule has 206 valence electrons. The van der Waals surface area contributed by atoms with Gasteiger partial charge >= 0.3 is 0 Å². The third kappa shape index (κ3) is 5.18. The summed E-state index contributed by atoms with van der Waals surface area (Å²) in [4.78, 5) is 23.8. The summed E-state index contributed by atoms with van der Waals surface area (Å²) < 4.78 is 36.5. The first kappa shape index (κ1) is 27.0. The van der Waals surface area contributed by atoms with Gasteiger partial charge < -0.3 is 20.7 Å². The molecule has 3 heterocycles. The fourth-order valence-electron chi connectivity index (χ4n) is 4.90. The maximum absolute atomic E-state index is 15.0. The van der Waals surface area contributed by atoms with E-state index in [9.17, 15) is 9.18 Å². The summed E-state index contributed by atoms with van der Waals surface area (Å²) in [5.74, 6) is -1.76. The molecule has 5 rings (SSSR count).